The SMILES string of the molecule is CC1CCN(CCNC(=O)c2ccc(Cl)c(NS(C)(=O)=O)c2)CC1. The fourth-order valence-corrected chi connectivity index (χ4v) is 3.45. The smallest absolute Gasteiger partial charge is 0.251 e. The Hall–Kier alpha value is -1.31. The molecule has 0 unspecified atom stereocenters. The van der Waals surface area contributed by atoms with Gasteiger partial charge < -0.3 is 10.2 Å². The molecule has 0 aliphatic carbocycles. The molecule has 6 nitrogen and oxygen atoms in total. The number of amides is 1. The van der Waals surface area contributed by atoms with Crippen LogP contribution in [0, 0.1) is 5.92 Å². The van der Waals surface area contributed by atoms with E-state index in [4.69, 9.17) is 11.6 Å². The van der Waals surface area contributed by atoms with E-state index in [2.05, 4.69) is 21.9 Å². The zero-order chi connectivity index (χ0) is 17.7. The lowest BCUT2D eigenvalue weighted by Gasteiger charge is -2.30. The standard InChI is InChI=1S/C16H24ClN3O3S/c1-12-5-8-20(9-6-12)10-7-18-16(21)13-3-4-14(17)15(11-13)19-24(2,22)23/h3-4,11-12,19H,5-10H2,1-2H3,(H,18,21). The summed E-state index contributed by atoms with van der Waals surface area (Å²) in [6, 6.07) is 4.53. The topological polar surface area (TPSA) is 78.5 Å². The van der Waals surface area contributed by atoms with Crippen molar-refractivity contribution in [2.75, 3.05) is 37.2 Å². The number of sulfonamides is 1. The summed E-state index contributed by atoms with van der Waals surface area (Å²) in [4.78, 5) is 14.6. The first-order chi connectivity index (χ1) is 11.2. The van der Waals surface area contributed by atoms with Gasteiger partial charge in [0.1, 0.15) is 0 Å². The van der Waals surface area contributed by atoms with Gasteiger partial charge in [0.15, 0.2) is 0 Å². The van der Waals surface area contributed by atoms with Crippen LogP contribution < -0.4 is 10.0 Å². The van der Waals surface area contributed by atoms with Gasteiger partial charge in [-0.2, -0.15) is 0 Å². The minimum absolute atomic E-state index is 0.205. The Morgan fingerprint density at radius 2 is 2.00 bits per heavy atom. The Kier molecular flexibility index (Phi) is 6.48. The van der Waals surface area contributed by atoms with Gasteiger partial charge in [0.05, 0.1) is 17.0 Å². The van der Waals surface area contributed by atoms with Crippen LogP contribution in [0.3, 0.4) is 0 Å². The fourth-order valence-electron chi connectivity index (χ4n) is 2.66. The van der Waals surface area contributed by atoms with Gasteiger partial charge in [-0.1, -0.05) is 18.5 Å². The lowest BCUT2D eigenvalue weighted by Crippen LogP contribution is -2.39. The lowest BCUT2D eigenvalue weighted by molar-refractivity contribution is 0.0944. The fraction of sp³-hybridized carbons (Fsp3) is 0.562. The molecule has 1 aromatic carbocycles. The van der Waals surface area contributed by atoms with Crippen molar-refractivity contribution in [1.82, 2.24) is 10.2 Å². The van der Waals surface area contributed by atoms with E-state index in [1.165, 1.54) is 25.0 Å². The maximum Gasteiger partial charge on any atom is 0.251 e. The van der Waals surface area contributed by atoms with Crippen molar-refractivity contribution in [3.63, 3.8) is 0 Å². The van der Waals surface area contributed by atoms with Crippen LogP contribution in [0.25, 0.3) is 0 Å². The van der Waals surface area contributed by atoms with E-state index < -0.39 is 10.0 Å². The molecular weight excluding hydrogens is 350 g/mol. The molecule has 1 aliphatic rings. The quantitative estimate of drug-likeness (QED) is 0.801. The molecule has 2 N–H and O–H groups in total. The summed E-state index contributed by atoms with van der Waals surface area (Å²) in [5.41, 5.74) is 0.578. The average Bonchev–Trinajstić information content (AvgIpc) is 2.50. The molecule has 0 spiro atoms. The van der Waals surface area contributed by atoms with Crippen LogP contribution in [0.5, 0.6) is 0 Å². The third-order valence-electron chi connectivity index (χ3n) is 4.11. The van der Waals surface area contributed by atoms with Crippen molar-refractivity contribution in [3.05, 3.63) is 28.8 Å². The van der Waals surface area contributed by atoms with Crippen molar-refractivity contribution < 1.29 is 13.2 Å². The summed E-state index contributed by atoms with van der Waals surface area (Å²) < 4.78 is 25.0. The first kappa shape index (κ1) is 19.0. The monoisotopic (exact) mass is 373 g/mol. The van der Waals surface area contributed by atoms with Gasteiger partial charge in [-0.25, -0.2) is 8.42 Å². The molecule has 134 valence electrons. The minimum atomic E-state index is -3.45. The molecule has 2 rings (SSSR count). The maximum atomic E-state index is 12.2. The summed E-state index contributed by atoms with van der Waals surface area (Å²) in [6.07, 6.45) is 3.44. The lowest BCUT2D eigenvalue weighted by atomic mass is 9.99. The zero-order valence-electron chi connectivity index (χ0n) is 14.0. The van der Waals surface area contributed by atoms with E-state index in [1.54, 1.807) is 6.07 Å². The van der Waals surface area contributed by atoms with Crippen molar-refractivity contribution in [2.45, 2.75) is 19.8 Å². The molecule has 0 aromatic heterocycles. The van der Waals surface area contributed by atoms with Gasteiger partial charge >= 0.3 is 0 Å². The van der Waals surface area contributed by atoms with Gasteiger partial charge in [0, 0.05) is 18.7 Å². The molecule has 1 amide bonds. The van der Waals surface area contributed by atoms with Crippen molar-refractivity contribution >= 4 is 33.2 Å². The first-order valence-electron chi connectivity index (χ1n) is 8.02. The number of hydrogen-bond donors (Lipinski definition) is 2. The zero-order valence-corrected chi connectivity index (χ0v) is 15.6. The summed E-state index contributed by atoms with van der Waals surface area (Å²) >= 11 is 5.96. The van der Waals surface area contributed by atoms with Crippen LogP contribution >= 0.6 is 11.6 Å². The highest BCUT2D eigenvalue weighted by Crippen LogP contribution is 2.24. The number of piperidine rings is 1. The highest BCUT2D eigenvalue weighted by atomic mass is 35.5. The van der Waals surface area contributed by atoms with Crippen LogP contribution in [0.4, 0.5) is 5.69 Å². The van der Waals surface area contributed by atoms with Crippen LogP contribution in [0.1, 0.15) is 30.1 Å². The number of anilines is 1. The van der Waals surface area contributed by atoms with E-state index in [-0.39, 0.29) is 16.6 Å². The highest BCUT2D eigenvalue weighted by molar-refractivity contribution is 7.92. The average molecular weight is 374 g/mol. The molecule has 0 bridgehead atoms. The summed E-state index contributed by atoms with van der Waals surface area (Å²) in [5, 5.41) is 3.12. The molecular formula is C16H24ClN3O3S. The Morgan fingerprint density at radius 3 is 2.62 bits per heavy atom. The molecule has 24 heavy (non-hydrogen) atoms. The van der Waals surface area contributed by atoms with E-state index in [9.17, 15) is 13.2 Å². The molecule has 0 radical (unpaired) electrons. The van der Waals surface area contributed by atoms with Gasteiger partial charge in [-0.3, -0.25) is 9.52 Å². The number of halogens is 1. The summed E-state index contributed by atoms with van der Waals surface area (Å²) in [6.45, 7) is 5.79. The first-order valence-corrected chi connectivity index (χ1v) is 10.3. The third kappa shape index (κ3) is 5.96. The molecule has 0 atom stereocenters. The van der Waals surface area contributed by atoms with Gasteiger partial charge in [-0.15, -0.1) is 0 Å². The molecule has 1 aliphatic heterocycles. The Balaban J connectivity index is 1.89. The van der Waals surface area contributed by atoms with Crippen molar-refractivity contribution in [1.29, 1.82) is 0 Å². The predicted molar refractivity (Wildman–Crippen MR) is 97.1 cm³/mol. The number of nitrogens with zero attached hydrogens (tertiary/aromatic N) is 1. The van der Waals surface area contributed by atoms with Gasteiger partial charge in [0.25, 0.3) is 5.91 Å². The van der Waals surface area contributed by atoms with E-state index in [0.29, 0.717) is 12.1 Å². The molecule has 1 saturated heterocycles. The normalized spacial score (nSPS) is 16.8. The largest absolute Gasteiger partial charge is 0.351 e. The van der Waals surface area contributed by atoms with Gasteiger partial charge in [-0.05, 0) is 50.0 Å². The maximum absolute atomic E-state index is 12.2. The minimum Gasteiger partial charge on any atom is -0.351 e. The number of nitrogens with one attached hydrogen (secondary N) is 2. The highest BCUT2D eigenvalue weighted by Gasteiger charge is 2.16. The molecule has 8 heteroatoms. The number of benzene rings is 1. The third-order valence-corrected chi connectivity index (χ3v) is 5.03. The van der Waals surface area contributed by atoms with Crippen LogP contribution in [0.2, 0.25) is 5.02 Å². The van der Waals surface area contributed by atoms with Crippen LogP contribution in [-0.4, -0.2) is 51.7 Å². The van der Waals surface area contributed by atoms with E-state index >= 15 is 0 Å². The molecule has 1 fully saturated rings. The number of rotatable bonds is 6. The second kappa shape index (κ2) is 8.18. The van der Waals surface area contributed by atoms with Gasteiger partial charge in [0.2, 0.25) is 10.0 Å². The number of carbonyl (C=O) groups excluding carboxylic acids is 1. The Labute approximate surface area is 148 Å². The molecule has 0 saturated carbocycles. The summed E-state index contributed by atoms with van der Waals surface area (Å²) in [7, 11) is -3.45. The number of likely N-dealkylation sites (tertiary alicyclic amines) is 1. The van der Waals surface area contributed by atoms with Crippen molar-refractivity contribution in [3.8, 4) is 0 Å². The number of hydrogen-bond acceptors (Lipinski definition) is 4. The van der Waals surface area contributed by atoms with Crippen LogP contribution in [-0.2, 0) is 10.0 Å². The van der Waals surface area contributed by atoms with Crippen molar-refractivity contribution in [2.24, 2.45) is 5.92 Å². The Bertz CT molecular complexity index is 686. The van der Waals surface area contributed by atoms with E-state index in [1.807, 2.05) is 0 Å². The molecule has 1 aromatic rings. The molecule has 1 heterocycles. The predicted octanol–water partition coefficient (Wildman–Crippen LogP) is 2.17. The Morgan fingerprint density at radius 1 is 1.33 bits per heavy atom. The van der Waals surface area contributed by atoms with E-state index in [0.717, 1.165) is 31.8 Å². The second-order valence-corrected chi connectivity index (χ2v) is 8.50. The number of carbonyl (C=O) groups is 1. The van der Waals surface area contributed by atoms with Crippen LogP contribution in [0.15, 0.2) is 18.2 Å². The second-order valence-electron chi connectivity index (χ2n) is 6.35. The summed E-state index contributed by atoms with van der Waals surface area (Å²) in [5.74, 6) is 0.541.